The van der Waals surface area contributed by atoms with E-state index in [4.69, 9.17) is 5.14 Å². The van der Waals surface area contributed by atoms with E-state index in [9.17, 15) is 8.42 Å². The number of rotatable bonds is 7. The summed E-state index contributed by atoms with van der Waals surface area (Å²) in [7, 11) is -3.45. The van der Waals surface area contributed by atoms with Gasteiger partial charge in [0.15, 0.2) is 5.96 Å². The molecule has 0 radical (unpaired) electrons. The van der Waals surface area contributed by atoms with Gasteiger partial charge in [-0.3, -0.25) is 4.99 Å². The molecule has 0 aliphatic rings. The molecule has 0 fully saturated rings. The topological polar surface area (TPSA) is 96.6 Å². The Morgan fingerprint density at radius 3 is 2.80 bits per heavy atom. The van der Waals surface area contributed by atoms with Crippen LogP contribution in [0.4, 0.5) is 0 Å². The average molecular weight is 318 g/mol. The van der Waals surface area contributed by atoms with Crippen LogP contribution in [0.1, 0.15) is 24.6 Å². The van der Waals surface area contributed by atoms with Gasteiger partial charge in [-0.1, -0.05) is 13.0 Å². The third-order valence-electron chi connectivity index (χ3n) is 2.58. The minimum Gasteiger partial charge on any atom is -0.357 e. The van der Waals surface area contributed by atoms with Crippen LogP contribution in [0.15, 0.2) is 22.5 Å². The van der Waals surface area contributed by atoms with E-state index in [1.165, 1.54) is 4.88 Å². The first-order valence-electron chi connectivity index (χ1n) is 6.48. The van der Waals surface area contributed by atoms with Gasteiger partial charge in [0.1, 0.15) is 0 Å². The Hall–Kier alpha value is -1.12. The van der Waals surface area contributed by atoms with Gasteiger partial charge in [0.25, 0.3) is 0 Å². The summed E-state index contributed by atoms with van der Waals surface area (Å²) >= 11 is 1.71. The van der Waals surface area contributed by atoms with Gasteiger partial charge in [-0.2, -0.15) is 0 Å². The van der Waals surface area contributed by atoms with Crippen molar-refractivity contribution in [2.45, 2.75) is 19.8 Å². The maximum absolute atomic E-state index is 10.9. The highest BCUT2D eigenvalue weighted by Crippen LogP contribution is 2.20. The Balaban J connectivity index is 2.49. The van der Waals surface area contributed by atoms with E-state index < -0.39 is 10.0 Å². The van der Waals surface area contributed by atoms with Gasteiger partial charge >= 0.3 is 0 Å². The van der Waals surface area contributed by atoms with Gasteiger partial charge in [0.05, 0.1) is 12.3 Å². The number of hydrogen-bond acceptors (Lipinski definition) is 4. The van der Waals surface area contributed by atoms with Crippen molar-refractivity contribution in [1.82, 2.24) is 10.6 Å². The summed E-state index contributed by atoms with van der Waals surface area (Å²) in [6.07, 6.45) is 0. The molecule has 1 atom stereocenters. The molecule has 1 unspecified atom stereocenters. The van der Waals surface area contributed by atoms with E-state index in [-0.39, 0.29) is 12.3 Å². The fraction of sp³-hybridized carbons (Fsp3) is 0.583. The largest absolute Gasteiger partial charge is 0.357 e. The highest BCUT2D eigenvalue weighted by Gasteiger charge is 2.07. The summed E-state index contributed by atoms with van der Waals surface area (Å²) in [6.45, 7) is 5.68. The molecule has 20 heavy (non-hydrogen) atoms. The van der Waals surface area contributed by atoms with Crippen LogP contribution in [0.2, 0.25) is 0 Å². The quantitative estimate of drug-likeness (QED) is 0.509. The van der Waals surface area contributed by atoms with E-state index in [0.717, 1.165) is 0 Å². The van der Waals surface area contributed by atoms with E-state index in [1.807, 2.05) is 18.4 Å². The second kappa shape index (κ2) is 8.23. The van der Waals surface area contributed by atoms with Crippen LogP contribution < -0.4 is 15.8 Å². The minimum absolute atomic E-state index is 0.113. The minimum atomic E-state index is -3.45. The van der Waals surface area contributed by atoms with E-state index in [0.29, 0.717) is 25.0 Å². The molecule has 8 heteroatoms. The molecule has 0 aliphatic carbocycles. The van der Waals surface area contributed by atoms with Crippen molar-refractivity contribution in [2.24, 2.45) is 10.1 Å². The molecule has 1 rings (SSSR count). The molecule has 6 nitrogen and oxygen atoms in total. The second-order valence-electron chi connectivity index (χ2n) is 4.43. The number of sulfonamides is 1. The van der Waals surface area contributed by atoms with Crippen molar-refractivity contribution >= 4 is 27.3 Å². The molecule has 1 heterocycles. The average Bonchev–Trinajstić information content (AvgIpc) is 2.88. The van der Waals surface area contributed by atoms with Crippen LogP contribution in [0.3, 0.4) is 0 Å². The Morgan fingerprint density at radius 1 is 1.50 bits per heavy atom. The Kier molecular flexibility index (Phi) is 6.97. The van der Waals surface area contributed by atoms with Crippen molar-refractivity contribution in [3.8, 4) is 0 Å². The first-order valence-corrected chi connectivity index (χ1v) is 9.08. The summed E-state index contributed by atoms with van der Waals surface area (Å²) in [5.74, 6) is 0.834. The van der Waals surface area contributed by atoms with Gasteiger partial charge in [0.2, 0.25) is 10.0 Å². The number of thiophene rings is 1. The standard InChI is InChI=1S/C12H22N4O2S2/c1-3-14-12(15-6-8-20(13,17)18)16-9-10(2)11-5-4-7-19-11/h4-5,7,10H,3,6,8-9H2,1-2H3,(H2,13,17,18)(H2,14,15,16). The van der Waals surface area contributed by atoms with E-state index >= 15 is 0 Å². The fourth-order valence-corrected chi connectivity index (χ4v) is 2.71. The third kappa shape index (κ3) is 6.88. The number of hydrogen-bond donors (Lipinski definition) is 3. The van der Waals surface area contributed by atoms with Crippen molar-refractivity contribution < 1.29 is 8.42 Å². The molecule has 4 N–H and O–H groups in total. The zero-order chi connectivity index (χ0) is 15.0. The predicted molar refractivity (Wildman–Crippen MR) is 84.7 cm³/mol. The lowest BCUT2D eigenvalue weighted by Crippen LogP contribution is -2.40. The molecule has 0 amide bonds. The number of nitrogens with zero attached hydrogens (tertiary/aromatic N) is 1. The Morgan fingerprint density at radius 2 is 2.25 bits per heavy atom. The van der Waals surface area contributed by atoms with Gasteiger partial charge in [0, 0.05) is 23.9 Å². The van der Waals surface area contributed by atoms with Crippen molar-refractivity contribution in [2.75, 3.05) is 25.4 Å². The highest BCUT2D eigenvalue weighted by molar-refractivity contribution is 7.89. The first kappa shape index (κ1) is 16.9. The van der Waals surface area contributed by atoms with Crippen LogP contribution in [-0.4, -0.2) is 39.8 Å². The monoisotopic (exact) mass is 318 g/mol. The van der Waals surface area contributed by atoms with Crippen molar-refractivity contribution in [1.29, 1.82) is 0 Å². The number of nitrogens with two attached hydrogens (primary N) is 1. The zero-order valence-corrected chi connectivity index (χ0v) is 13.4. The zero-order valence-electron chi connectivity index (χ0n) is 11.8. The molecule has 0 spiro atoms. The fourth-order valence-electron chi connectivity index (χ4n) is 1.54. The van der Waals surface area contributed by atoms with Crippen LogP contribution in [0, 0.1) is 0 Å². The van der Waals surface area contributed by atoms with Gasteiger partial charge < -0.3 is 10.6 Å². The molecule has 0 aromatic carbocycles. The lowest BCUT2D eigenvalue weighted by Gasteiger charge is -2.12. The molecule has 1 aromatic rings. The van der Waals surface area contributed by atoms with Crippen LogP contribution >= 0.6 is 11.3 Å². The summed E-state index contributed by atoms with van der Waals surface area (Å²) in [5, 5.41) is 13.0. The lowest BCUT2D eigenvalue weighted by atomic mass is 10.1. The molecular formula is C12H22N4O2S2. The van der Waals surface area contributed by atoms with Crippen LogP contribution in [0.5, 0.6) is 0 Å². The van der Waals surface area contributed by atoms with E-state index in [2.05, 4.69) is 28.6 Å². The maximum Gasteiger partial charge on any atom is 0.210 e. The number of aliphatic imine (C=N–C) groups is 1. The predicted octanol–water partition coefficient (Wildman–Crippen LogP) is 0.695. The van der Waals surface area contributed by atoms with Crippen LogP contribution in [-0.2, 0) is 10.0 Å². The molecule has 0 bridgehead atoms. The smallest absolute Gasteiger partial charge is 0.210 e. The Labute approximate surface area is 124 Å². The Bertz CT molecular complexity index is 512. The van der Waals surface area contributed by atoms with Crippen LogP contribution in [0.25, 0.3) is 0 Å². The molecule has 114 valence electrons. The molecule has 0 saturated carbocycles. The maximum atomic E-state index is 10.9. The summed E-state index contributed by atoms with van der Waals surface area (Å²) in [4.78, 5) is 5.74. The number of primary sulfonamides is 1. The van der Waals surface area contributed by atoms with Crippen molar-refractivity contribution in [3.05, 3.63) is 22.4 Å². The molecule has 0 saturated heterocycles. The normalized spacial score (nSPS) is 14.1. The molecule has 1 aromatic heterocycles. The summed E-state index contributed by atoms with van der Waals surface area (Å²) < 4.78 is 21.7. The van der Waals surface area contributed by atoms with E-state index in [1.54, 1.807) is 11.3 Å². The van der Waals surface area contributed by atoms with Gasteiger partial charge in [-0.05, 0) is 18.4 Å². The van der Waals surface area contributed by atoms with Gasteiger partial charge in [-0.25, -0.2) is 13.6 Å². The summed E-state index contributed by atoms with van der Waals surface area (Å²) in [5.41, 5.74) is 0. The number of guanidine groups is 1. The highest BCUT2D eigenvalue weighted by atomic mass is 32.2. The summed E-state index contributed by atoms with van der Waals surface area (Å²) in [6, 6.07) is 4.11. The molecular weight excluding hydrogens is 296 g/mol. The molecule has 0 aliphatic heterocycles. The third-order valence-corrected chi connectivity index (χ3v) is 4.45. The van der Waals surface area contributed by atoms with Gasteiger partial charge in [-0.15, -0.1) is 11.3 Å². The first-order chi connectivity index (χ1) is 9.42. The number of nitrogens with one attached hydrogen (secondary N) is 2. The van der Waals surface area contributed by atoms with Crippen molar-refractivity contribution in [3.63, 3.8) is 0 Å². The second-order valence-corrected chi connectivity index (χ2v) is 7.14. The lowest BCUT2D eigenvalue weighted by molar-refractivity contribution is 0.596. The SMILES string of the molecule is CCNC(=NCC(C)c1cccs1)NCCS(N)(=O)=O.